The first kappa shape index (κ1) is 19.4. The second-order valence-corrected chi connectivity index (χ2v) is 7.15. The predicted octanol–water partition coefficient (Wildman–Crippen LogP) is 3.60. The second-order valence-electron chi connectivity index (χ2n) is 7.15. The molecule has 0 atom stereocenters. The Morgan fingerprint density at radius 1 is 0.571 bits per heavy atom. The van der Waals surface area contributed by atoms with Crippen molar-refractivity contribution in [3.8, 4) is 23.7 Å². The maximum Gasteiger partial charge on any atom is 0.209 e. The normalized spacial score (nSPS) is 9.86. The highest BCUT2D eigenvalue weighted by molar-refractivity contribution is 5.41. The van der Waals surface area contributed by atoms with Crippen LogP contribution in [0.15, 0.2) is 61.2 Å². The highest BCUT2D eigenvalue weighted by atomic mass is 14.9. The first-order chi connectivity index (χ1) is 13.5. The summed E-state index contributed by atoms with van der Waals surface area (Å²) in [6.45, 7) is 9.87. The molecule has 0 aliphatic rings. The van der Waals surface area contributed by atoms with Gasteiger partial charge in [0.05, 0.1) is 0 Å². The molecule has 0 spiro atoms. The van der Waals surface area contributed by atoms with Crippen molar-refractivity contribution in [1.82, 2.24) is 0 Å². The van der Waals surface area contributed by atoms with E-state index in [-0.39, 0.29) is 0 Å². The topological polar surface area (TPSA) is 7.76 Å². The summed E-state index contributed by atoms with van der Waals surface area (Å²) < 4.78 is 4.22. The monoisotopic (exact) mass is 366 g/mol. The molecule has 2 nitrogen and oxygen atoms in total. The predicted molar refractivity (Wildman–Crippen MR) is 112 cm³/mol. The summed E-state index contributed by atoms with van der Waals surface area (Å²) in [6, 6.07) is 12.4. The lowest BCUT2D eigenvalue weighted by atomic mass is 10.1. The molecule has 0 aliphatic carbocycles. The fourth-order valence-electron chi connectivity index (χ4n) is 2.76. The number of aryl methyl sites for hydroxylation is 4. The molecule has 0 fully saturated rings. The molecule has 2 heteroatoms. The lowest BCUT2D eigenvalue weighted by Gasteiger charge is -1.97. The van der Waals surface area contributed by atoms with E-state index in [0.717, 1.165) is 11.1 Å². The van der Waals surface area contributed by atoms with E-state index in [9.17, 15) is 0 Å². The van der Waals surface area contributed by atoms with Gasteiger partial charge in [0.1, 0.15) is 0 Å². The van der Waals surface area contributed by atoms with E-state index in [4.69, 9.17) is 0 Å². The standard InChI is InChI=1S/C26H26N2/c1-21-13-17-27(19-23(21)3)15-5-7-25-9-11-26(12-10-25)8-6-16-28-18-14-22(2)24(4)20-28/h9-14,17-20H,15-16H2,1-4H3/q+2. The molecular weight excluding hydrogens is 340 g/mol. The minimum atomic E-state index is 0.690. The quantitative estimate of drug-likeness (QED) is 0.484. The molecule has 3 aromatic rings. The zero-order valence-electron chi connectivity index (χ0n) is 17.1. The van der Waals surface area contributed by atoms with Crippen LogP contribution in [0.3, 0.4) is 0 Å². The van der Waals surface area contributed by atoms with Crippen molar-refractivity contribution in [2.75, 3.05) is 0 Å². The van der Waals surface area contributed by atoms with Gasteiger partial charge in [-0.25, -0.2) is 0 Å². The van der Waals surface area contributed by atoms with Crippen LogP contribution >= 0.6 is 0 Å². The minimum Gasteiger partial charge on any atom is -0.193 e. The maximum atomic E-state index is 3.23. The summed E-state index contributed by atoms with van der Waals surface area (Å²) >= 11 is 0. The van der Waals surface area contributed by atoms with Crippen molar-refractivity contribution < 1.29 is 9.13 Å². The van der Waals surface area contributed by atoms with Gasteiger partial charge < -0.3 is 0 Å². The molecule has 28 heavy (non-hydrogen) atoms. The molecule has 0 saturated carbocycles. The molecule has 0 amide bonds. The van der Waals surface area contributed by atoms with Gasteiger partial charge in [-0.15, -0.1) is 0 Å². The van der Waals surface area contributed by atoms with E-state index in [1.807, 2.05) is 24.3 Å². The van der Waals surface area contributed by atoms with Gasteiger partial charge >= 0.3 is 0 Å². The summed E-state index contributed by atoms with van der Waals surface area (Å²) in [6.07, 6.45) is 8.42. The van der Waals surface area contributed by atoms with Crippen molar-refractivity contribution in [2.24, 2.45) is 0 Å². The van der Waals surface area contributed by atoms with Crippen LogP contribution in [0.2, 0.25) is 0 Å². The molecule has 3 rings (SSSR count). The molecule has 0 N–H and O–H groups in total. The largest absolute Gasteiger partial charge is 0.209 e. The van der Waals surface area contributed by atoms with E-state index in [2.05, 4.69) is 97.4 Å². The molecular formula is C26H26N2+2. The van der Waals surface area contributed by atoms with Crippen molar-refractivity contribution in [1.29, 1.82) is 0 Å². The SMILES string of the molecule is Cc1cc[n+](CC#Cc2ccc(C#CC[n+]3ccc(C)c(C)c3)cc2)cc1C. The van der Waals surface area contributed by atoms with Gasteiger partial charge in [0.2, 0.25) is 13.1 Å². The molecule has 2 heterocycles. The van der Waals surface area contributed by atoms with Crippen LogP contribution in [0.4, 0.5) is 0 Å². The van der Waals surface area contributed by atoms with Crippen LogP contribution in [0, 0.1) is 51.4 Å². The van der Waals surface area contributed by atoms with Gasteiger partial charge in [0.25, 0.3) is 0 Å². The van der Waals surface area contributed by atoms with Crippen LogP contribution in [0.25, 0.3) is 0 Å². The van der Waals surface area contributed by atoms with Crippen LogP contribution in [0.5, 0.6) is 0 Å². The van der Waals surface area contributed by atoms with Crippen LogP contribution < -0.4 is 9.13 Å². The Kier molecular flexibility index (Phi) is 6.25. The summed E-state index contributed by atoms with van der Waals surface area (Å²) in [7, 11) is 0. The number of benzene rings is 1. The Balaban J connectivity index is 1.59. The van der Waals surface area contributed by atoms with Gasteiger partial charge in [-0.1, -0.05) is 11.8 Å². The first-order valence-corrected chi connectivity index (χ1v) is 9.52. The Morgan fingerprint density at radius 3 is 1.32 bits per heavy atom. The number of hydrogen-bond donors (Lipinski definition) is 0. The van der Waals surface area contributed by atoms with E-state index in [1.165, 1.54) is 22.3 Å². The average molecular weight is 367 g/mol. The Hall–Kier alpha value is -3.36. The summed E-state index contributed by atoms with van der Waals surface area (Å²) in [5.41, 5.74) is 7.20. The zero-order valence-corrected chi connectivity index (χ0v) is 17.1. The van der Waals surface area contributed by atoms with Gasteiger partial charge in [-0.3, -0.25) is 0 Å². The van der Waals surface area contributed by atoms with E-state index < -0.39 is 0 Å². The third kappa shape index (κ3) is 5.32. The Morgan fingerprint density at radius 2 is 0.964 bits per heavy atom. The van der Waals surface area contributed by atoms with Gasteiger partial charge in [0, 0.05) is 34.4 Å². The van der Waals surface area contributed by atoms with Gasteiger partial charge in [0.15, 0.2) is 24.8 Å². The average Bonchev–Trinajstić information content (AvgIpc) is 2.69. The van der Waals surface area contributed by atoms with E-state index in [1.54, 1.807) is 0 Å². The highest BCUT2D eigenvalue weighted by Crippen LogP contribution is 2.03. The fraction of sp³-hybridized carbons (Fsp3) is 0.231. The molecule has 0 radical (unpaired) electrons. The number of rotatable bonds is 2. The van der Waals surface area contributed by atoms with Crippen LogP contribution in [-0.2, 0) is 13.1 Å². The number of aromatic nitrogens is 2. The van der Waals surface area contributed by atoms with Crippen molar-refractivity contribution in [3.63, 3.8) is 0 Å². The van der Waals surface area contributed by atoms with E-state index in [0.29, 0.717) is 13.1 Å². The van der Waals surface area contributed by atoms with Crippen molar-refractivity contribution in [3.05, 3.63) is 94.6 Å². The lowest BCUT2D eigenvalue weighted by Crippen LogP contribution is -2.32. The molecule has 0 bridgehead atoms. The molecule has 0 unspecified atom stereocenters. The van der Waals surface area contributed by atoms with Crippen molar-refractivity contribution >= 4 is 0 Å². The molecule has 1 aromatic carbocycles. The fourth-order valence-corrected chi connectivity index (χ4v) is 2.76. The number of nitrogens with zero attached hydrogens (tertiary/aromatic N) is 2. The highest BCUT2D eigenvalue weighted by Gasteiger charge is 2.01. The molecule has 0 aliphatic heterocycles. The van der Waals surface area contributed by atoms with Crippen molar-refractivity contribution in [2.45, 2.75) is 40.8 Å². The second kappa shape index (κ2) is 9.03. The smallest absolute Gasteiger partial charge is 0.193 e. The molecule has 2 aromatic heterocycles. The Bertz CT molecular complexity index is 1010. The van der Waals surface area contributed by atoms with Crippen LogP contribution in [0.1, 0.15) is 33.4 Å². The summed E-state index contributed by atoms with van der Waals surface area (Å²) in [5, 5.41) is 0. The third-order valence-corrected chi connectivity index (χ3v) is 4.87. The molecule has 138 valence electrons. The lowest BCUT2D eigenvalue weighted by molar-refractivity contribution is -0.685. The first-order valence-electron chi connectivity index (χ1n) is 9.52. The number of pyridine rings is 2. The van der Waals surface area contributed by atoms with Crippen LogP contribution in [-0.4, -0.2) is 0 Å². The Labute approximate surface area is 168 Å². The molecule has 0 saturated heterocycles. The summed E-state index contributed by atoms with van der Waals surface area (Å²) in [4.78, 5) is 0. The summed E-state index contributed by atoms with van der Waals surface area (Å²) in [5.74, 6) is 12.9. The zero-order chi connectivity index (χ0) is 19.9. The van der Waals surface area contributed by atoms with E-state index >= 15 is 0 Å². The van der Waals surface area contributed by atoms with Gasteiger partial charge in [-0.2, -0.15) is 9.13 Å². The maximum absolute atomic E-state index is 3.23. The third-order valence-electron chi connectivity index (χ3n) is 4.87. The number of hydrogen-bond acceptors (Lipinski definition) is 0. The minimum absolute atomic E-state index is 0.690. The van der Waals surface area contributed by atoms with Gasteiger partial charge in [-0.05, 0) is 74.9 Å².